The number of anilines is 1. The van der Waals surface area contributed by atoms with Crippen LogP contribution in [0, 0.1) is 0 Å². The van der Waals surface area contributed by atoms with Gasteiger partial charge in [-0.3, -0.25) is 29.0 Å². The summed E-state index contributed by atoms with van der Waals surface area (Å²) in [5, 5.41) is 0. The third-order valence-electron chi connectivity index (χ3n) is 6.26. The molecule has 2 aromatic rings. The van der Waals surface area contributed by atoms with E-state index in [4.69, 9.17) is 0 Å². The van der Waals surface area contributed by atoms with Crippen molar-refractivity contribution >= 4 is 29.3 Å². The Labute approximate surface area is 187 Å². The molecule has 0 atom stereocenters. The molecule has 0 saturated carbocycles. The summed E-state index contributed by atoms with van der Waals surface area (Å²) in [7, 11) is 1.50. The lowest BCUT2D eigenvalue weighted by atomic mass is 10.1. The van der Waals surface area contributed by atoms with E-state index in [1.165, 1.54) is 11.9 Å². The van der Waals surface area contributed by atoms with E-state index in [0.717, 1.165) is 49.4 Å². The Morgan fingerprint density at radius 3 is 1.97 bits per heavy atom. The summed E-state index contributed by atoms with van der Waals surface area (Å²) in [5.41, 5.74) is 2.86. The molecule has 4 amide bonds. The fourth-order valence-electron chi connectivity index (χ4n) is 4.38. The van der Waals surface area contributed by atoms with Crippen molar-refractivity contribution < 1.29 is 19.2 Å². The van der Waals surface area contributed by atoms with Crippen molar-refractivity contribution in [1.29, 1.82) is 0 Å². The molecule has 32 heavy (non-hydrogen) atoms. The van der Waals surface area contributed by atoms with Gasteiger partial charge in [0.25, 0.3) is 23.6 Å². The highest BCUT2D eigenvalue weighted by atomic mass is 16.2. The molecule has 0 fully saturated rings. The minimum Gasteiger partial charge on any atom is -0.372 e. The van der Waals surface area contributed by atoms with Crippen molar-refractivity contribution in [2.75, 3.05) is 31.6 Å². The second-order valence-corrected chi connectivity index (χ2v) is 8.20. The molecule has 4 rings (SSSR count). The number of hydrogen-bond donors (Lipinski definition) is 0. The average molecular weight is 434 g/mol. The van der Waals surface area contributed by atoms with Crippen molar-refractivity contribution in [3.63, 3.8) is 0 Å². The third kappa shape index (κ3) is 3.79. The van der Waals surface area contributed by atoms with Crippen molar-refractivity contribution in [1.82, 2.24) is 9.80 Å². The maximum Gasteiger partial charge on any atom is 0.261 e. The molecule has 0 N–H and O–H groups in total. The number of amides is 4. The summed E-state index contributed by atoms with van der Waals surface area (Å²) >= 11 is 0. The number of imide groups is 2. The van der Waals surface area contributed by atoms with Crippen LogP contribution in [0.2, 0.25) is 0 Å². The normalized spacial score (nSPS) is 14.9. The topological polar surface area (TPSA) is 78.0 Å². The molecule has 166 valence electrons. The van der Waals surface area contributed by atoms with Gasteiger partial charge in [-0.1, -0.05) is 25.0 Å². The van der Waals surface area contributed by atoms with Gasteiger partial charge in [-0.25, -0.2) is 0 Å². The van der Waals surface area contributed by atoms with Gasteiger partial charge in [-0.05, 0) is 50.1 Å². The zero-order valence-corrected chi connectivity index (χ0v) is 18.5. The van der Waals surface area contributed by atoms with E-state index in [2.05, 4.69) is 11.8 Å². The molecule has 2 aliphatic heterocycles. The molecule has 0 saturated heterocycles. The lowest BCUT2D eigenvalue weighted by Gasteiger charge is -2.23. The van der Waals surface area contributed by atoms with Gasteiger partial charge in [-0.2, -0.15) is 0 Å². The first-order valence-electron chi connectivity index (χ1n) is 11.1. The Morgan fingerprint density at radius 1 is 0.719 bits per heavy atom. The largest absolute Gasteiger partial charge is 0.372 e. The number of nitrogens with zero attached hydrogens (tertiary/aromatic N) is 3. The molecule has 0 aromatic heterocycles. The van der Waals surface area contributed by atoms with E-state index in [1.807, 2.05) is 12.1 Å². The van der Waals surface area contributed by atoms with Crippen LogP contribution in [0.15, 0.2) is 42.5 Å². The van der Waals surface area contributed by atoms with Crippen LogP contribution in [-0.2, 0) is 0 Å². The molecule has 7 heteroatoms. The summed E-state index contributed by atoms with van der Waals surface area (Å²) in [4.78, 5) is 53.9. The van der Waals surface area contributed by atoms with Gasteiger partial charge in [0.05, 0.1) is 22.3 Å². The third-order valence-corrected chi connectivity index (χ3v) is 6.26. The van der Waals surface area contributed by atoms with Gasteiger partial charge < -0.3 is 4.90 Å². The highest BCUT2D eigenvalue weighted by Crippen LogP contribution is 2.27. The van der Waals surface area contributed by atoms with Crippen LogP contribution in [0.3, 0.4) is 0 Å². The molecule has 0 bridgehead atoms. The monoisotopic (exact) mass is 433 g/mol. The van der Waals surface area contributed by atoms with E-state index < -0.39 is 0 Å². The Morgan fingerprint density at radius 2 is 1.31 bits per heavy atom. The van der Waals surface area contributed by atoms with Crippen molar-refractivity contribution in [2.45, 2.75) is 32.6 Å². The minimum absolute atomic E-state index is 0.196. The van der Waals surface area contributed by atoms with Crippen molar-refractivity contribution in [3.05, 3.63) is 64.7 Å². The SMILES string of the molecule is CCN(CCCCCCN1C(=O)c2ccccc2C1=O)c1ccc2c(c1)C(=O)N(C)C2=O. The lowest BCUT2D eigenvalue weighted by Crippen LogP contribution is -2.30. The van der Waals surface area contributed by atoms with Crippen LogP contribution >= 0.6 is 0 Å². The molecule has 0 spiro atoms. The summed E-state index contributed by atoms with van der Waals surface area (Å²) < 4.78 is 0. The van der Waals surface area contributed by atoms with E-state index in [-0.39, 0.29) is 23.6 Å². The van der Waals surface area contributed by atoms with Crippen LogP contribution in [0.25, 0.3) is 0 Å². The molecular weight excluding hydrogens is 406 g/mol. The number of carbonyl (C=O) groups excluding carboxylic acids is 4. The predicted octanol–water partition coefficient (Wildman–Crippen LogP) is 3.60. The number of carbonyl (C=O) groups is 4. The molecular formula is C25H27N3O4. The van der Waals surface area contributed by atoms with E-state index in [0.29, 0.717) is 28.8 Å². The zero-order chi connectivity index (χ0) is 22.8. The van der Waals surface area contributed by atoms with Gasteiger partial charge in [-0.15, -0.1) is 0 Å². The maximum absolute atomic E-state index is 12.4. The molecule has 2 aliphatic rings. The fraction of sp³-hybridized carbons (Fsp3) is 0.360. The zero-order valence-electron chi connectivity index (χ0n) is 18.5. The summed E-state index contributed by atoms with van der Waals surface area (Å²) in [6.45, 7) is 4.14. The molecule has 0 unspecified atom stereocenters. The average Bonchev–Trinajstić information content (AvgIpc) is 3.18. The Bertz CT molecular complexity index is 1060. The van der Waals surface area contributed by atoms with E-state index in [1.54, 1.807) is 30.3 Å². The minimum atomic E-state index is -0.254. The molecule has 0 radical (unpaired) electrons. The quantitative estimate of drug-likeness (QED) is 0.446. The lowest BCUT2D eigenvalue weighted by molar-refractivity contribution is 0.0646. The summed E-state index contributed by atoms with van der Waals surface area (Å²) in [5.74, 6) is -0.898. The van der Waals surface area contributed by atoms with Crippen LogP contribution in [0.1, 0.15) is 74.0 Å². The van der Waals surface area contributed by atoms with Crippen molar-refractivity contribution in [2.24, 2.45) is 0 Å². The van der Waals surface area contributed by atoms with Crippen molar-refractivity contribution in [3.8, 4) is 0 Å². The van der Waals surface area contributed by atoms with Crippen LogP contribution in [0.4, 0.5) is 5.69 Å². The van der Waals surface area contributed by atoms with Crippen LogP contribution in [0.5, 0.6) is 0 Å². The van der Waals surface area contributed by atoms with Crippen LogP contribution in [-0.4, -0.2) is 60.1 Å². The van der Waals surface area contributed by atoms with Gasteiger partial charge in [0, 0.05) is 32.4 Å². The maximum atomic E-state index is 12.4. The standard InChI is InChI=1S/C25H27N3O4/c1-3-27(17-12-13-20-21(16-17)23(30)26(2)22(20)29)14-8-4-5-9-15-28-24(31)18-10-6-7-11-19(18)25(28)32/h6-7,10-13,16H,3-5,8-9,14-15H2,1-2H3. The predicted molar refractivity (Wildman–Crippen MR) is 121 cm³/mol. The highest BCUT2D eigenvalue weighted by Gasteiger charge is 2.34. The molecule has 7 nitrogen and oxygen atoms in total. The number of unbranched alkanes of at least 4 members (excludes halogenated alkanes) is 3. The number of rotatable bonds is 9. The fourth-order valence-corrected chi connectivity index (χ4v) is 4.38. The Hall–Kier alpha value is -3.48. The number of benzene rings is 2. The smallest absolute Gasteiger partial charge is 0.261 e. The van der Waals surface area contributed by atoms with E-state index >= 15 is 0 Å². The second kappa shape index (κ2) is 8.94. The second-order valence-electron chi connectivity index (χ2n) is 8.20. The molecule has 2 heterocycles. The Kier molecular flexibility index (Phi) is 6.08. The first-order valence-corrected chi connectivity index (χ1v) is 11.1. The van der Waals surface area contributed by atoms with E-state index in [9.17, 15) is 19.2 Å². The number of hydrogen-bond acceptors (Lipinski definition) is 5. The first-order chi connectivity index (χ1) is 15.4. The highest BCUT2D eigenvalue weighted by molar-refractivity contribution is 6.22. The number of fused-ring (bicyclic) bond motifs is 2. The van der Waals surface area contributed by atoms with Gasteiger partial charge in [0.2, 0.25) is 0 Å². The van der Waals surface area contributed by atoms with Gasteiger partial charge in [0.15, 0.2) is 0 Å². The molecule has 0 aliphatic carbocycles. The summed E-state index contributed by atoms with van der Waals surface area (Å²) in [6.07, 6.45) is 3.64. The first kappa shape index (κ1) is 21.7. The van der Waals surface area contributed by atoms with Gasteiger partial charge in [0.1, 0.15) is 0 Å². The van der Waals surface area contributed by atoms with Crippen LogP contribution < -0.4 is 4.90 Å². The van der Waals surface area contributed by atoms with Gasteiger partial charge >= 0.3 is 0 Å². The summed E-state index contributed by atoms with van der Waals surface area (Å²) in [6, 6.07) is 12.4. The molecule has 2 aromatic carbocycles. The Balaban J connectivity index is 1.25.